The Morgan fingerprint density at radius 2 is 1.96 bits per heavy atom. The molecule has 0 bridgehead atoms. The van der Waals surface area contributed by atoms with Crippen LogP contribution >= 0.6 is 0 Å². The van der Waals surface area contributed by atoms with Crippen LogP contribution in [0.2, 0.25) is 0 Å². The second-order valence-corrected chi connectivity index (χ2v) is 6.34. The minimum Gasteiger partial charge on any atom is -0.366 e. The Kier molecular flexibility index (Phi) is 3.64. The molecule has 2 radical (unpaired) electrons. The van der Waals surface area contributed by atoms with Crippen molar-refractivity contribution in [3.8, 4) is 11.3 Å². The molecule has 2 aromatic carbocycles. The third-order valence-electron chi connectivity index (χ3n) is 4.53. The molecule has 0 amide bonds. The molecule has 7 heteroatoms. The summed E-state index contributed by atoms with van der Waals surface area (Å²) in [5.41, 5.74) is 6.18. The zero-order valence-electron chi connectivity index (χ0n) is 14.4. The monoisotopic (exact) mass is 350 g/mol. The van der Waals surface area contributed by atoms with E-state index in [1.54, 1.807) is 17.0 Å². The number of fused-ring (bicyclic) bond motifs is 2. The van der Waals surface area contributed by atoms with Crippen molar-refractivity contribution in [3.63, 3.8) is 0 Å². The van der Waals surface area contributed by atoms with Crippen LogP contribution < -0.4 is 10.8 Å². The van der Waals surface area contributed by atoms with Gasteiger partial charge in [0.2, 0.25) is 0 Å². The van der Waals surface area contributed by atoms with Gasteiger partial charge in [0, 0.05) is 24.4 Å². The Morgan fingerprint density at radius 3 is 2.85 bits per heavy atom. The molecule has 0 saturated carbocycles. The highest BCUT2D eigenvalue weighted by molar-refractivity contribution is 6.36. The molecule has 0 spiro atoms. The van der Waals surface area contributed by atoms with Gasteiger partial charge in [0.15, 0.2) is 5.65 Å². The van der Waals surface area contributed by atoms with Crippen LogP contribution in [0.1, 0.15) is 5.56 Å². The Morgan fingerprint density at radius 1 is 1.07 bits per heavy atom. The third kappa shape index (κ3) is 2.83. The number of rotatable bonds is 4. The van der Waals surface area contributed by atoms with Crippen LogP contribution in [0.4, 0.5) is 5.82 Å². The van der Waals surface area contributed by atoms with Crippen molar-refractivity contribution in [2.24, 2.45) is 0 Å². The Hall–Kier alpha value is -3.61. The summed E-state index contributed by atoms with van der Waals surface area (Å²) in [5.74, 6) is 0.834. The number of hydrogen-bond acceptors (Lipinski definition) is 4. The fourth-order valence-corrected chi connectivity index (χ4v) is 3.15. The predicted molar refractivity (Wildman–Crippen MR) is 107 cm³/mol. The lowest BCUT2D eigenvalue weighted by atomic mass is 10.0. The van der Waals surface area contributed by atoms with Crippen LogP contribution in [0, 0.1) is 0 Å². The van der Waals surface area contributed by atoms with E-state index in [0.29, 0.717) is 17.7 Å². The first-order chi connectivity index (χ1) is 13.3. The van der Waals surface area contributed by atoms with Crippen molar-refractivity contribution < 1.29 is 0 Å². The number of hydrogen-bond donors (Lipinski definition) is 2. The summed E-state index contributed by atoms with van der Waals surface area (Å²) in [6.07, 6.45) is 3.33. The summed E-state index contributed by atoms with van der Waals surface area (Å²) in [5, 5.41) is 7.81. The van der Waals surface area contributed by atoms with Crippen molar-refractivity contribution in [1.82, 2.24) is 24.6 Å². The van der Waals surface area contributed by atoms with Gasteiger partial charge >= 0.3 is 0 Å². The van der Waals surface area contributed by atoms with E-state index in [9.17, 15) is 0 Å². The minimum absolute atomic E-state index is 0.551. The molecular formula is C20H15BN6. The number of nitrogens with one attached hydrogen (secondary N) is 2. The largest absolute Gasteiger partial charge is 0.366 e. The zero-order valence-corrected chi connectivity index (χ0v) is 14.4. The molecule has 5 rings (SSSR count). The van der Waals surface area contributed by atoms with Crippen LogP contribution in [-0.2, 0) is 6.54 Å². The lowest BCUT2D eigenvalue weighted by Gasteiger charge is -2.11. The highest BCUT2D eigenvalue weighted by atomic mass is 15.3. The highest BCUT2D eigenvalue weighted by Crippen LogP contribution is 2.22. The maximum absolute atomic E-state index is 6.07. The molecule has 128 valence electrons. The standard InChI is InChI=1S/C20H15BN6/c21-15-11-25-27-19(9-17(26-20(15)27)14-4-2-1-3-5-14)22-10-13-6-7-16-18(8-13)24-12-23-16/h1-9,11-12,22H,10H2,(H,23,24). The van der Waals surface area contributed by atoms with Gasteiger partial charge in [-0.1, -0.05) is 36.4 Å². The number of anilines is 1. The van der Waals surface area contributed by atoms with Crippen molar-refractivity contribution in [1.29, 1.82) is 0 Å². The van der Waals surface area contributed by atoms with Crippen LogP contribution in [0.25, 0.3) is 27.9 Å². The SMILES string of the molecule is [B]c1cnn2c(NCc3ccc4nc[nH]c4c3)cc(-c3ccccc3)nc12. The van der Waals surface area contributed by atoms with Crippen LogP contribution in [0.15, 0.2) is 67.1 Å². The van der Waals surface area contributed by atoms with Crippen LogP contribution in [-0.4, -0.2) is 32.4 Å². The molecule has 2 N–H and O–H groups in total. The Labute approximate surface area is 156 Å². The molecule has 0 atom stereocenters. The van der Waals surface area contributed by atoms with Gasteiger partial charge in [0.05, 0.1) is 23.1 Å². The molecule has 3 heterocycles. The van der Waals surface area contributed by atoms with Crippen LogP contribution in [0.3, 0.4) is 0 Å². The maximum atomic E-state index is 6.07. The van der Waals surface area contributed by atoms with E-state index in [0.717, 1.165) is 33.7 Å². The number of nitrogens with zero attached hydrogens (tertiary/aromatic N) is 4. The molecule has 3 aromatic heterocycles. The van der Waals surface area contributed by atoms with Gasteiger partial charge in [-0.3, -0.25) is 0 Å². The van der Waals surface area contributed by atoms with Gasteiger partial charge in [0.1, 0.15) is 13.7 Å². The van der Waals surface area contributed by atoms with Gasteiger partial charge in [0.25, 0.3) is 0 Å². The molecule has 5 aromatic rings. The summed E-state index contributed by atoms with van der Waals surface area (Å²) in [4.78, 5) is 12.1. The molecule has 27 heavy (non-hydrogen) atoms. The van der Waals surface area contributed by atoms with E-state index < -0.39 is 0 Å². The summed E-state index contributed by atoms with van der Waals surface area (Å²) < 4.78 is 1.73. The van der Waals surface area contributed by atoms with Gasteiger partial charge in [-0.15, -0.1) is 0 Å². The fourth-order valence-electron chi connectivity index (χ4n) is 3.15. The van der Waals surface area contributed by atoms with Crippen molar-refractivity contribution in [3.05, 3.63) is 72.7 Å². The number of aromatic amines is 1. The first-order valence-corrected chi connectivity index (χ1v) is 8.63. The van der Waals surface area contributed by atoms with E-state index in [-0.39, 0.29) is 0 Å². The molecule has 0 saturated heterocycles. The fraction of sp³-hybridized carbons (Fsp3) is 0.0500. The van der Waals surface area contributed by atoms with E-state index in [4.69, 9.17) is 7.85 Å². The summed E-state index contributed by atoms with van der Waals surface area (Å²) in [6, 6.07) is 18.2. The van der Waals surface area contributed by atoms with E-state index in [2.05, 4.69) is 37.5 Å². The van der Waals surface area contributed by atoms with Gasteiger partial charge < -0.3 is 10.3 Å². The van der Waals surface area contributed by atoms with E-state index >= 15 is 0 Å². The van der Waals surface area contributed by atoms with Crippen molar-refractivity contribution in [2.75, 3.05) is 5.32 Å². The molecule has 0 fully saturated rings. The zero-order chi connectivity index (χ0) is 18.2. The summed E-state index contributed by atoms with van der Waals surface area (Å²) in [6.45, 7) is 0.641. The average molecular weight is 350 g/mol. The normalized spacial score (nSPS) is 11.3. The van der Waals surface area contributed by atoms with E-state index in [1.807, 2.05) is 42.5 Å². The lowest BCUT2D eigenvalue weighted by Crippen LogP contribution is -2.09. The number of H-pyrrole nitrogens is 1. The van der Waals surface area contributed by atoms with Crippen LogP contribution in [0.5, 0.6) is 0 Å². The molecule has 0 aliphatic heterocycles. The molecule has 0 unspecified atom stereocenters. The van der Waals surface area contributed by atoms with Gasteiger partial charge in [-0.25, -0.2) is 9.97 Å². The van der Waals surface area contributed by atoms with Crippen molar-refractivity contribution in [2.45, 2.75) is 6.54 Å². The second-order valence-electron chi connectivity index (χ2n) is 6.34. The quantitative estimate of drug-likeness (QED) is 0.489. The molecule has 0 aliphatic carbocycles. The maximum Gasteiger partial charge on any atom is 0.150 e. The van der Waals surface area contributed by atoms with Gasteiger partial charge in [-0.2, -0.15) is 9.61 Å². The lowest BCUT2D eigenvalue weighted by molar-refractivity contribution is 0.927. The number of aromatic nitrogens is 5. The molecule has 0 aliphatic rings. The minimum atomic E-state index is 0.551. The molecule has 6 nitrogen and oxygen atoms in total. The smallest absolute Gasteiger partial charge is 0.150 e. The Bertz CT molecular complexity index is 1240. The first-order valence-electron chi connectivity index (χ1n) is 8.63. The first kappa shape index (κ1) is 15.6. The number of benzene rings is 2. The summed E-state index contributed by atoms with van der Waals surface area (Å²) in [7, 11) is 6.07. The van der Waals surface area contributed by atoms with Crippen molar-refractivity contribution >= 4 is 35.8 Å². The molecular weight excluding hydrogens is 335 g/mol. The topological polar surface area (TPSA) is 70.9 Å². The second kappa shape index (κ2) is 6.28. The average Bonchev–Trinajstić information content (AvgIpc) is 3.33. The Balaban J connectivity index is 1.53. The highest BCUT2D eigenvalue weighted by Gasteiger charge is 2.10. The third-order valence-corrected chi connectivity index (χ3v) is 4.53. The van der Waals surface area contributed by atoms with E-state index in [1.165, 1.54) is 0 Å². The predicted octanol–water partition coefficient (Wildman–Crippen LogP) is 2.68. The van der Waals surface area contributed by atoms with Gasteiger partial charge in [-0.05, 0) is 23.2 Å². The summed E-state index contributed by atoms with van der Waals surface area (Å²) >= 11 is 0. The number of imidazole rings is 1.